The molecule has 1 aliphatic carbocycles. The average molecular weight is 479 g/mol. The summed E-state index contributed by atoms with van der Waals surface area (Å²) in [5.41, 5.74) is 4.62. The molecule has 35 heavy (non-hydrogen) atoms. The Morgan fingerprint density at radius 2 is 1.63 bits per heavy atom. The van der Waals surface area contributed by atoms with Crippen LogP contribution >= 0.6 is 0 Å². The molecule has 0 unspecified atom stereocenters. The van der Waals surface area contributed by atoms with Crippen molar-refractivity contribution in [3.8, 4) is 11.1 Å². The first-order valence-corrected chi connectivity index (χ1v) is 12.5. The van der Waals surface area contributed by atoms with Crippen molar-refractivity contribution in [2.75, 3.05) is 19.7 Å². The zero-order valence-electron chi connectivity index (χ0n) is 20.4. The number of carboxylic acid groups (broad SMARTS) is 1. The molecule has 1 aliphatic heterocycles. The van der Waals surface area contributed by atoms with Gasteiger partial charge in [0.1, 0.15) is 12.6 Å². The second-order valence-electron chi connectivity index (χ2n) is 10.0. The number of benzene rings is 2. The van der Waals surface area contributed by atoms with Crippen molar-refractivity contribution in [3.05, 3.63) is 59.7 Å². The fourth-order valence-corrected chi connectivity index (χ4v) is 5.17. The fourth-order valence-electron chi connectivity index (χ4n) is 5.17. The topological polar surface area (TPSA) is 95.9 Å². The maximum Gasteiger partial charge on any atom is 0.407 e. The van der Waals surface area contributed by atoms with Crippen molar-refractivity contribution in [3.63, 3.8) is 0 Å². The van der Waals surface area contributed by atoms with Gasteiger partial charge in [0.25, 0.3) is 0 Å². The van der Waals surface area contributed by atoms with Gasteiger partial charge in [-0.3, -0.25) is 9.59 Å². The monoisotopic (exact) mass is 478 g/mol. The van der Waals surface area contributed by atoms with Crippen LogP contribution in [0.4, 0.5) is 4.79 Å². The lowest BCUT2D eigenvalue weighted by molar-refractivity contribution is -0.141. The summed E-state index contributed by atoms with van der Waals surface area (Å²) in [5.74, 6) is -0.365. The van der Waals surface area contributed by atoms with Gasteiger partial charge in [0, 0.05) is 25.4 Å². The molecule has 7 nitrogen and oxygen atoms in total. The number of hydrogen-bond donors (Lipinski definition) is 2. The van der Waals surface area contributed by atoms with Crippen LogP contribution in [0.1, 0.15) is 56.6 Å². The number of fused-ring (bicyclic) bond motifs is 3. The molecule has 4 rings (SSSR count). The molecule has 2 aromatic carbocycles. The highest BCUT2D eigenvalue weighted by Gasteiger charge is 2.36. The van der Waals surface area contributed by atoms with E-state index in [0.717, 1.165) is 17.5 Å². The molecule has 0 radical (unpaired) electrons. The van der Waals surface area contributed by atoms with Gasteiger partial charge in [0.2, 0.25) is 5.91 Å². The van der Waals surface area contributed by atoms with Crippen LogP contribution in [0.3, 0.4) is 0 Å². The van der Waals surface area contributed by atoms with Crippen molar-refractivity contribution < 1.29 is 24.2 Å². The SMILES string of the molecule is CC(C)C[C@H](NC(=O)OCC1c2ccccc2-c2ccccc21)C(=O)N1CC(CCCC(=O)O)C1. The summed E-state index contributed by atoms with van der Waals surface area (Å²) in [5, 5.41) is 11.6. The first kappa shape index (κ1) is 24.8. The summed E-state index contributed by atoms with van der Waals surface area (Å²) in [6, 6.07) is 15.7. The number of amides is 2. The Balaban J connectivity index is 1.32. The molecule has 0 aromatic heterocycles. The summed E-state index contributed by atoms with van der Waals surface area (Å²) in [6.45, 7) is 5.46. The highest BCUT2D eigenvalue weighted by atomic mass is 16.5. The summed E-state index contributed by atoms with van der Waals surface area (Å²) in [7, 11) is 0. The fraction of sp³-hybridized carbons (Fsp3) is 0.464. The molecule has 2 N–H and O–H groups in total. The third-order valence-corrected chi connectivity index (χ3v) is 6.91. The predicted octanol–water partition coefficient (Wildman–Crippen LogP) is 4.65. The van der Waals surface area contributed by atoms with E-state index in [0.29, 0.717) is 31.8 Å². The van der Waals surface area contributed by atoms with E-state index in [2.05, 4.69) is 29.6 Å². The van der Waals surface area contributed by atoms with E-state index < -0.39 is 18.1 Å². The molecule has 1 heterocycles. The molecule has 1 fully saturated rings. The van der Waals surface area contributed by atoms with Gasteiger partial charge >= 0.3 is 12.1 Å². The van der Waals surface area contributed by atoms with Crippen LogP contribution in [-0.4, -0.2) is 53.7 Å². The molecule has 2 aliphatic rings. The Morgan fingerprint density at radius 3 is 2.20 bits per heavy atom. The Labute approximate surface area is 206 Å². The maximum atomic E-state index is 13.1. The van der Waals surface area contributed by atoms with Gasteiger partial charge in [-0.1, -0.05) is 62.4 Å². The Bertz CT molecular complexity index is 1030. The molecule has 0 spiro atoms. The number of hydrogen-bond acceptors (Lipinski definition) is 4. The van der Waals surface area contributed by atoms with Gasteiger partial charge in [0.05, 0.1) is 0 Å². The Hall–Kier alpha value is -3.35. The van der Waals surface area contributed by atoms with Gasteiger partial charge in [-0.25, -0.2) is 4.79 Å². The van der Waals surface area contributed by atoms with Gasteiger partial charge in [-0.05, 0) is 53.4 Å². The molecule has 0 saturated carbocycles. The summed E-state index contributed by atoms with van der Waals surface area (Å²) in [4.78, 5) is 38.3. The Kier molecular flexibility index (Phi) is 7.73. The zero-order valence-corrected chi connectivity index (χ0v) is 20.4. The van der Waals surface area contributed by atoms with Crippen LogP contribution in [0, 0.1) is 11.8 Å². The molecule has 186 valence electrons. The highest BCUT2D eigenvalue weighted by molar-refractivity contribution is 5.86. The number of carbonyl (C=O) groups excluding carboxylic acids is 2. The number of rotatable bonds is 10. The molecule has 7 heteroatoms. The van der Waals surface area contributed by atoms with Gasteiger partial charge in [-0.15, -0.1) is 0 Å². The number of likely N-dealkylation sites (tertiary alicyclic amines) is 1. The summed E-state index contributed by atoms with van der Waals surface area (Å²) < 4.78 is 5.65. The van der Waals surface area contributed by atoms with E-state index in [-0.39, 0.29) is 30.8 Å². The minimum absolute atomic E-state index is 0.0330. The van der Waals surface area contributed by atoms with Crippen LogP contribution in [0.5, 0.6) is 0 Å². The first-order chi connectivity index (χ1) is 16.8. The lowest BCUT2D eigenvalue weighted by Crippen LogP contribution is -2.57. The summed E-state index contributed by atoms with van der Waals surface area (Å²) in [6.07, 6.45) is 1.53. The zero-order chi connectivity index (χ0) is 24.9. The van der Waals surface area contributed by atoms with Crippen molar-refractivity contribution >= 4 is 18.0 Å². The van der Waals surface area contributed by atoms with Crippen molar-refractivity contribution in [2.45, 2.75) is 51.5 Å². The van der Waals surface area contributed by atoms with E-state index in [1.165, 1.54) is 11.1 Å². The van der Waals surface area contributed by atoms with Crippen LogP contribution in [-0.2, 0) is 14.3 Å². The quantitative estimate of drug-likeness (QED) is 0.518. The number of nitrogens with zero attached hydrogens (tertiary/aromatic N) is 1. The van der Waals surface area contributed by atoms with Gasteiger partial charge < -0.3 is 20.1 Å². The number of ether oxygens (including phenoxy) is 1. The number of carbonyl (C=O) groups is 3. The van der Waals surface area contributed by atoms with E-state index in [4.69, 9.17) is 9.84 Å². The van der Waals surface area contributed by atoms with Crippen LogP contribution < -0.4 is 5.32 Å². The number of carboxylic acids is 1. The minimum Gasteiger partial charge on any atom is -0.481 e. The third-order valence-electron chi connectivity index (χ3n) is 6.91. The normalized spacial score (nSPS) is 15.8. The largest absolute Gasteiger partial charge is 0.481 e. The Morgan fingerprint density at radius 1 is 1.03 bits per heavy atom. The van der Waals surface area contributed by atoms with Crippen molar-refractivity contribution in [1.82, 2.24) is 10.2 Å². The second-order valence-corrected chi connectivity index (χ2v) is 10.0. The lowest BCUT2D eigenvalue weighted by Gasteiger charge is -2.41. The van der Waals surface area contributed by atoms with Crippen LogP contribution in [0.15, 0.2) is 48.5 Å². The third kappa shape index (κ3) is 5.84. The molecular weight excluding hydrogens is 444 g/mol. The van der Waals surface area contributed by atoms with E-state index in [1.54, 1.807) is 4.90 Å². The van der Waals surface area contributed by atoms with Crippen LogP contribution in [0.2, 0.25) is 0 Å². The number of nitrogens with one attached hydrogen (secondary N) is 1. The standard InChI is InChI=1S/C28H34N2O5/c1-18(2)14-25(27(33)30-15-19(16-30)8-7-13-26(31)32)29-28(34)35-17-24-22-11-5-3-9-20(22)21-10-4-6-12-23(21)24/h3-6,9-12,18-19,24-25H,7-8,13-17H2,1-2H3,(H,29,34)(H,31,32)/t25-/m0/s1. The van der Waals surface area contributed by atoms with Gasteiger partial charge in [0.15, 0.2) is 0 Å². The minimum atomic E-state index is -0.790. The van der Waals surface area contributed by atoms with E-state index in [9.17, 15) is 14.4 Å². The smallest absolute Gasteiger partial charge is 0.407 e. The van der Waals surface area contributed by atoms with Crippen LogP contribution in [0.25, 0.3) is 11.1 Å². The second kappa shape index (κ2) is 10.9. The number of aliphatic carboxylic acids is 1. The molecule has 2 amide bonds. The summed E-state index contributed by atoms with van der Waals surface area (Å²) >= 11 is 0. The molecular formula is C28H34N2O5. The first-order valence-electron chi connectivity index (χ1n) is 12.5. The maximum absolute atomic E-state index is 13.1. The average Bonchev–Trinajstić information content (AvgIpc) is 3.11. The van der Waals surface area contributed by atoms with Gasteiger partial charge in [-0.2, -0.15) is 0 Å². The van der Waals surface area contributed by atoms with E-state index >= 15 is 0 Å². The number of alkyl carbamates (subject to hydrolysis) is 1. The van der Waals surface area contributed by atoms with Crippen molar-refractivity contribution in [1.29, 1.82) is 0 Å². The molecule has 0 bridgehead atoms. The van der Waals surface area contributed by atoms with E-state index in [1.807, 2.05) is 38.1 Å². The lowest BCUT2D eigenvalue weighted by atomic mass is 9.92. The van der Waals surface area contributed by atoms with Crippen molar-refractivity contribution in [2.24, 2.45) is 11.8 Å². The molecule has 1 saturated heterocycles. The predicted molar refractivity (Wildman–Crippen MR) is 133 cm³/mol. The molecule has 1 atom stereocenters. The molecule has 2 aromatic rings. The highest BCUT2D eigenvalue weighted by Crippen LogP contribution is 2.44.